The van der Waals surface area contributed by atoms with Crippen LogP contribution in [0.25, 0.3) is 0 Å². The van der Waals surface area contributed by atoms with Gasteiger partial charge in [-0.3, -0.25) is 0 Å². The number of nitrogens with zero attached hydrogens (tertiary/aromatic N) is 1. The molecule has 1 aliphatic heterocycles. The van der Waals surface area contributed by atoms with Crippen LogP contribution in [0, 0.1) is 23.5 Å². The molecule has 0 saturated carbocycles. The van der Waals surface area contributed by atoms with Crippen molar-refractivity contribution in [2.75, 3.05) is 40.4 Å². The van der Waals surface area contributed by atoms with Crippen LogP contribution in [0.2, 0.25) is 0 Å². The third-order valence-corrected chi connectivity index (χ3v) is 7.52. The number of nitrogens with one attached hydrogen (secondary N) is 2. The van der Waals surface area contributed by atoms with E-state index in [0.717, 1.165) is 12.8 Å². The Balaban J connectivity index is 1.90. The number of carbonyl (C=O) groups excluding carboxylic acids is 1. The zero-order valence-electron chi connectivity index (χ0n) is 24.2. The van der Waals surface area contributed by atoms with Crippen molar-refractivity contribution in [2.24, 2.45) is 11.8 Å². The molecule has 0 aromatic heterocycles. The molecule has 7 nitrogen and oxygen atoms in total. The van der Waals surface area contributed by atoms with E-state index in [-0.39, 0.29) is 18.0 Å². The summed E-state index contributed by atoms with van der Waals surface area (Å²) in [5, 5.41) is 18.7. The van der Waals surface area contributed by atoms with Crippen molar-refractivity contribution in [3.05, 3.63) is 59.7 Å². The third kappa shape index (κ3) is 8.88. The molecular formula is C31H45F2N3O4. The van der Waals surface area contributed by atoms with E-state index in [1.54, 1.807) is 12.0 Å². The maximum absolute atomic E-state index is 14.7. The lowest BCUT2D eigenvalue weighted by atomic mass is 9.73. The van der Waals surface area contributed by atoms with Gasteiger partial charge in [0.25, 0.3) is 0 Å². The second-order valence-corrected chi connectivity index (χ2v) is 11.2. The summed E-state index contributed by atoms with van der Waals surface area (Å²) in [6.07, 6.45) is 3.93. The molecule has 222 valence electrons. The van der Waals surface area contributed by atoms with Gasteiger partial charge in [-0.05, 0) is 94.0 Å². The van der Waals surface area contributed by atoms with Crippen molar-refractivity contribution < 1.29 is 28.2 Å². The summed E-state index contributed by atoms with van der Waals surface area (Å²) in [5.41, 5.74) is -1.14. The Labute approximate surface area is 237 Å². The quantitative estimate of drug-likeness (QED) is 0.253. The number of amides is 2. The number of halogens is 2. The number of aliphatic hydroxyl groups is 1. The lowest BCUT2D eigenvalue weighted by Crippen LogP contribution is -2.54. The second-order valence-electron chi connectivity index (χ2n) is 11.2. The zero-order chi connectivity index (χ0) is 29.1. The molecule has 1 heterocycles. The number of methoxy groups -OCH3 is 1. The first kappa shape index (κ1) is 31.8. The predicted molar refractivity (Wildman–Crippen MR) is 152 cm³/mol. The second kappa shape index (κ2) is 15.3. The molecule has 2 aromatic carbocycles. The maximum Gasteiger partial charge on any atom is 0.317 e. The van der Waals surface area contributed by atoms with Crippen LogP contribution in [0.3, 0.4) is 0 Å². The van der Waals surface area contributed by atoms with Gasteiger partial charge in [-0.25, -0.2) is 13.6 Å². The Morgan fingerprint density at radius 1 is 1.15 bits per heavy atom. The lowest BCUT2D eigenvalue weighted by Gasteiger charge is -2.43. The van der Waals surface area contributed by atoms with E-state index in [0.29, 0.717) is 74.9 Å². The molecule has 0 unspecified atom stereocenters. The number of ether oxygens (including phenoxy) is 2. The van der Waals surface area contributed by atoms with Crippen molar-refractivity contribution >= 4 is 6.03 Å². The van der Waals surface area contributed by atoms with Gasteiger partial charge in [0.05, 0.1) is 5.60 Å². The molecule has 0 radical (unpaired) electrons. The number of carbonyl (C=O) groups is 1. The van der Waals surface area contributed by atoms with Gasteiger partial charge in [-0.2, -0.15) is 0 Å². The van der Waals surface area contributed by atoms with Crippen LogP contribution in [0.5, 0.6) is 11.5 Å². The molecule has 3 N–H and O–H groups in total. The number of rotatable bonds is 14. The van der Waals surface area contributed by atoms with Crippen LogP contribution in [0.4, 0.5) is 13.6 Å². The number of urea groups is 1. The fraction of sp³-hybridized carbons (Fsp3) is 0.581. The highest BCUT2D eigenvalue weighted by atomic mass is 19.1. The van der Waals surface area contributed by atoms with Gasteiger partial charge < -0.3 is 30.1 Å². The van der Waals surface area contributed by atoms with Crippen LogP contribution >= 0.6 is 0 Å². The van der Waals surface area contributed by atoms with Crippen LogP contribution < -0.4 is 15.4 Å². The number of benzene rings is 2. The number of likely N-dealkylation sites (tertiary alicyclic amines) is 1. The first-order valence-corrected chi connectivity index (χ1v) is 14.3. The summed E-state index contributed by atoms with van der Waals surface area (Å²) < 4.78 is 39.4. The third-order valence-electron chi connectivity index (χ3n) is 7.52. The zero-order valence-corrected chi connectivity index (χ0v) is 24.2. The van der Waals surface area contributed by atoms with E-state index in [1.807, 2.05) is 7.05 Å². The van der Waals surface area contributed by atoms with Gasteiger partial charge in [-0.1, -0.05) is 13.8 Å². The maximum atomic E-state index is 14.7. The predicted octanol–water partition coefficient (Wildman–Crippen LogP) is 5.82. The Hall–Kier alpha value is -2.75. The standard InChI is InChI=1S/C31H45F2N3O4/c1-22(2)18-26(20-34-3)35-30(37)36-16-7-8-23(21-36)31(38,15-5-6-17-39-4)28-19-25(33)11-14-29(28)40-27-12-9-24(32)10-13-27/h9-14,19,22-23,26,34,38H,5-8,15-18,20-21H2,1-4H3,(H,35,37)/t23-,26+,31-/m1/s1. The van der Waals surface area contributed by atoms with Crippen molar-refractivity contribution in [1.82, 2.24) is 15.5 Å². The van der Waals surface area contributed by atoms with E-state index < -0.39 is 17.2 Å². The summed E-state index contributed by atoms with van der Waals surface area (Å²) in [6.45, 7) is 6.36. The Kier molecular flexibility index (Phi) is 12.2. The highest BCUT2D eigenvalue weighted by molar-refractivity contribution is 5.74. The molecule has 0 spiro atoms. The van der Waals surface area contributed by atoms with E-state index in [1.165, 1.54) is 42.5 Å². The van der Waals surface area contributed by atoms with E-state index in [2.05, 4.69) is 24.5 Å². The summed E-state index contributed by atoms with van der Waals surface area (Å²) in [5.74, 6) is -0.133. The fourth-order valence-corrected chi connectivity index (χ4v) is 5.58. The number of likely N-dealkylation sites (N-methyl/N-ethyl adjacent to an activating group) is 1. The number of hydrogen-bond donors (Lipinski definition) is 3. The number of piperidine rings is 1. The summed E-state index contributed by atoms with van der Waals surface area (Å²) in [4.78, 5) is 15.1. The Bertz CT molecular complexity index is 1070. The summed E-state index contributed by atoms with van der Waals surface area (Å²) >= 11 is 0. The highest BCUT2D eigenvalue weighted by Crippen LogP contribution is 2.44. The smallest absolute Gasteiger partial charge is 0.317 e. The van der Waals surface area contributed by atoms with E-state index in [9.17, 15) is 18.7 Å². The molecule has 0 bridgehead atoms. The monoisotopic (exact) mass is 561 g/mol. The van der Waals surface area contributed by atoms with E-state index in [4.69, 9.17) is 9.47 Å². The largest absolute Gasteiger partial charge is 0.457 e. The number of hydrogen-bond acceptors (Lipinski definition) is 5. The van der Waals surface area contributed by atoms with Gasteiger partial charge in [0.1, 0.15) is 23.1 Å². The molecule has 40 heavy (non-hydrogen) atoms. The van der Waals surface area contributed by atoms with Crippen LogP contribution in [0.1, 0.15) is 57.9 Å². The topological polar surface area (TPSA) is 83.1 Å². The molecule has 3 atom stereocenters. The van der Waals surface area contributed by atoms with Crippen molar-refractivity contribution in [3.63, 3.8) is 0 Å². The van der Waals surface area contributed by atoms with Crippen LogP contribution in [0.15, 0.2) is 42.5 Å². The minimum absolute atomic E-state index is 0.00950. The minimum atomic E-state index is -1.47. The molecule has 3 rings (SSSR count). The van der Waals surface area contributed by atoms with Crippen molar-refractivity contribution in [2.45, 2.75) is 64.0 Å². The molecule has 9 heteroatoms. The van der Waals surface area contributed by atoms with E-state index >= 15 is 0 Å². The van der Waals surface area contributed by atoms with Gasteiger partial charge in [0.15, 0.2) is 0 Å². The average molecular weight is 562 g/mol. The lowest BCUT2D eigenvalue weighted by molar-refractivity contribution is -0.0577. The summed E-state index contributed by atoms with van der Waals surface area (Å²) in [6, 6.07) is 9.48. The summed E-state index contributed by atoms with van der Waals surface area (Å²) in [7, 11) is 3.50. The normalized spacial score (nSPS) is 17.9. The molecule has 1 saturated heterocycles. The average Bonchev–Trinajstić information content (AvgIpc) is 2.93. The first-order valence-electron chi connectivity index (χ1n) is 14.3. The number of unbranched alkanes of at least 4 members (excludes halogenated alkanes) is 1. The van der Waals surface area contributed by atoms with Crippen LogP contribution in [-0.2, 0) is 10.3 Å². The minimum Gasteiger partial charge on any atom is -0.457 e. The SMILES string of the molecule is CNC[C@H](CC(C)C)NC(=O)N1CCC[C@@H]([C@](O)(CCCCOC)c2cc(F)ccc2Oc2ccc(F)cc2)C1. The first-order chi connectivity index (χ1) is 19.2. The molecule has 2 amide bonds. The van der Waals surface area contributed by atoms with Crippen LogP contribution in [-0.4, -0.2) is 62.5 Å². The molecule has 0 aliphatic carbocycles. The molecule has 2 aromatic rings. The van der Waals surface area contributed by atoms with Gasteiger partial charge in [-0.15, -0.1) is 0 Å². The molecule has 1 aliphatic rings. The van der Waals surface area contributed by atoms with Gasteiger partial charge >= 0.3 is 6.03 Å². The van der Waals surface area contributed by atoms with Gasteiger partial charge in [0, 0.05) is 50.9 Å². The molecule has 1 fully saturated rings. The van der Waals surface area contributed by atoms with Crippen molar-refractivity contribution in [3.8, 4) is 11.5 Å². The molecular weight excluding hydrogens is 516 g/mol. The highest BCUT2D eigenvalue weighted by Gasteiger charge is 2.43. The fourth-order valence-electron chi connectivity index (χ4n) is 5.58. The Morgan fingerprint density at radius 2 is 1.88 bits per heavy atom. The van der Waals surface area contributed by atoms with Crippen molar-refractivity contribution in [1.29, 1.82) is 0 Å². The Morgan fingerprint density at radius 3 is 2.55 bits per heavy atom. The van der Waals surface area contributed by atoms with Gasteiger partial charge in [0.2, 0.25) is 0 Å².